The minimum atomic E-state index is -4.63. The van der Waals surface area contributed by atoms with Gasteiger partial charge < -0.3 is 19.9 Å². The maximum atomic E-state index is 13.9. The van der Waals surface area contributed by atoms with Crippen molar-refractivity contribution in [3.63, 3.8) is 0 Å². The Balaban J connectivity index is 1.57. The van der Waals surface area contributed by atoms with Gasteiger partial charge in [0.2, 0.25) is 0 Å². The first-order valence-electron chi connectivity index (χ1n) is 11.9. The molecule has 1 amide bonds. The number of H-pyrrole nitrogens is 1. The van der Waals surface area contributed by atoms with Gasteiger partial charge in [0, 0.05) is 30.4 Å². The Kier molecular flexibility index (Phi) is 7.08. The van der Waals surface area contributed by atoms with E-state index in [9.17, 15) is 22.8 Å². The topological polar surface area (TPSA) is 87.3 Å². The van der Waals surface area contributed by atoms with Crippen LogP contribution in [0.3, 0.4) is 0 Å². The number of carbonyl (C=O) groups excluding carboxylic acids is 1. The molecule has 10 heteroatoms. The summed E-state index contributed by atoms with van der Waals surface area (Å²) in [7, 11) is 0. The number of nitrogens with one attached hydrogen (secondary N) is 2. The lowest BCUT2D eigenvalue weighted by molar-refractivity contribution is -0.138. The number of ether oxygens (including phenoxy) is 1. The Bertz CT molecular complexity index is 1320. The number of amides is 1. The lowest BCUT2D eigenvalue weighted by atomic mass is 9.98. The molecule has 192 valence electrons. The highest BCUT2D eigenvalue weighted by molar-refractivity contribution is 5.94. The maximum Gasteiger partial charge on any atom is 0.416 e. The quantitative estimate of drug-likeness (QED) is 0.521. The summed E-state index contributed by atoms with van der Waals surface area (Å²) in [5.74, 6) is 0.126. The van der Waals surface area contributed by atoms with Gasteiger partial charge in [-0.15, -0.1) is 0 Å². The van der Waals surface area contributed by atoms with Crippen LogP contribution in [0.1, 0.15) is 60.5 Å². The molecule has 1 saturated heterocycles. The summed E-state index contributed by atoms with van der Waals surface area (Å²) in [6.07, 6.45) is -3.86. The van der Waals surface area contributed by atoms with Crippen molar-refractivity contribution in [3.8, 4) is 0 Å². The summed E-state index contributed by atoms with van der Waals surface area (Å²) in [6, 6.07) is 8.01. The summed E-state index contributed by atoms with van der Waals surface area (Å²) in [4.78, 5) is 33.7. The molecule has 0 bridgehead atoms. The van der Waals surface area contributed by atoms with E-state index in [0.717, 1.165) is 12.5 Å². The molecule has 4 rings (SSSR count). The number of aromatic amines is 1. The van der Waals surface area contributed by atoms with Gasteiger partial charge in [0.15, 0.2) is 0 Å². The van der Waals surface area contributed by atoms with Gasteiger partial charge in [0.05, 0.1) is 28.7 Å². The van der Waals surface area contributed by atoms with Gasteiger partial charge in [0.1, 0.15) is 5.82 Å². The molecule has 7 nitrogen and oxygen atoms in total. The molecule has 0 spiro atoms. The molecule has 2 aromatic carbocycles. The van der Waals surface area contributed by atoms with Gasteiger partial charge in [-0.2, -0.15) is 13.2 Å². The number of aryl methyl sites for hydroxylation is 1. The van der Waals surface area contributed by atoms with E-state index in [1.54, 1.807) is 36.1 Å². The highest BCUT2D eigenvalue weighted by atomic mass is 19.4. The van der Waals surface area contributed by atoms with Crippen LogP contribution in [0, 0.1) is 6.92 Å². The zero-order valence-electron chi connectivity index (χ0n) is 20.6. The highest BCUT2D eigenvalue weighted by Gasteiger charge is 2.35. The predicted octanol–water partition coefficient (Wildman–Crippen LogP) is 5.06. The Hall–Kier alpha value is -3.40. The smallest absolute Gasteiger partial charge is 0.379 e. The fraction of sp³-hybridized carbons (Fsp3) is 0.423. The molecule has 2 heterocycles. The number of halogens is 3. The average Bonchev–Trinajstić information content (AvgIpc) is 2.97. The Morgan fingerprint density at radius 1 is 1.19 bits per heavy atom. The first-order valence-corrected chi connectivity index (χ1v) is 11.9. The Morgan fingerprint density at radius 2 is 1.89 bits per heavy atom. The molecule has 3 unspecified atom stereocenters. The van der Waals surface area contributed by atoms with Crippen LogP contribution < -0.4 is 10.9 Å². The molecule has 2 N–H and O–H groups in total. The molecular formula is C26H29F3N4O3. The molecule has 36 heavy (non-hydrogen) atoms. The Morgan fingerprint density at radius 3 is 2.56 bits per heavy atom. The minimum Gasteiger partial charge on any atom is -0.379 e. The third-order valence-electron chi connectivity index (χ3n) is 6.32. The number of carbonyl (C=O) groups is 1. The monoisotopic (exact) mass is 502 g/mol. The number of aromatic nitrogens is 2. The van der Waals surface area contributed by atoms with Crippen LogP contribution in [0.25, 0.3) is 10.9 Å². The van der Waals surface area contributed by atoms with E-state index in [4.69, 9.17) is 4.74 Å². The third-order valence-corrected chi connectivity index (χ3v) is 6.32. The Labute approximate surface area is 206 Å². The van der Waals surface area contributed by atoms with Crippen LogP contribution in [0.5, 0.6) is 0 Å². The third kappa shape index (κ3) is 5.53. The van der Waals surface area contributed by atoms with E-state index < -0.39 is 23.3 Å². The van der Waals surface area contributed by atoms with Gasteiger partial charge in [0.25, 0.3) is 11.5 Å². The van der Waals surface area contributed by atoms with Crippen molar-refractivity contribution in [2.75, 3.05) is 18.4 Å². The largest absolute Gasteiger partial charge is 0.416 e. The standard InChI is InChI=1S/C26H29F3N4O3/c1-14-9-10-33(13-15(2)36-14)25(35)18-5-7-19(8-6-18)30-16(3)20-11-21-23(12-22(20)26(27,28)29)31-17(4)32-24(21)34/h5-8,11-12,14-16,30H,9-10,13H2,1-4H3,(H,31,32,34). The van der Waals surface area contributed by atoms with Crippen LogP contribution in [0.15, 0.2) is 41.2 Å². The van der Waals surface area contributed by atoms with E-state index in [1.165, 1.54) is 13.0 Å². The molecular weight excluding hydrogens is 473 g/mol. The number of anilines is 1. The summed E-state index contributed by atoms with van der Waals surface area (Å²) in [6.45, 7) is 8.11. The molecule has 0 saturated carbocycles. The molecule has 0 aliphatic carbocycles. The SMILES string of the molecule is Cc1nc2cc(C(F)(F)F)c(C(C)Nc3ccc(C(=O)N4CCC(C)OC(C)C4)cc3)cc2c(=O)[nH]1. The van der Waals surface area contributed by atoms with Crippen molar-refractivity contribution in [2.24, 2.45) is 0 Å². The highest BCUT2D eigenvalue weighted by Crippen LogP contribution is 2.37. The second-order valence-electron chi connectivity index (χ2n) is 9.35. The summed E-state index contributed by atoms with van der Waals surface area (Å²) in [5.41, 5.74) is -0.394. The maximum absolute atomic E-state index is 13.9. The zero-order valence-corrected chi connectivity index (χ0v) is 20.6. The molecule has 1 aliphatic heterocycles. The number of hydrogen-bond acceptors (Lipinski definition) is 5. The lowest BCUT2D eigenvalue weighted by Gasteiger charge is -2.23. The van der Waals surface area contributed by atoms with Gasteiger partial charge in [-0.3, -0.25) is 9.59 Å². The molecule has 1 fully saturated rings. The molecule has 0 radical (unpaired) electrons. The second kappa shape index (κ2) is 9.93. The van der Waals surface area contributed by atoms with Crippen LogP contribution >= 0.6 is 0 Å². The average molecular weight is 503 g/mol. The second-order valence-corrected chi connectivity index (χ2v) is 9.35. The van der Waals surface area contributed by atoms with Crippen LogP contribution in [0.2, 0.25) is 0 Å². The van der Waals surface area contributed by atoms with E-state index in [0.29, 0.717) is 24.3 Å². The van der Waals surface area contributed by atoms with Crippen molar-refractivity contribution in [1.29, 1.82) is 0 Å². The first kappa shape index (κ1) is 25.7. The van der Waals surface area contributed by atoms with Crippen LogP contribution in [-0.4, -0.2) is 46.1 Å². The molecule has 3 atom stereocenters. The molecule has 3 aromatic rings. The van der Waals surface area contributed by atoms with Crippen molar-refractivity contribution in [2.45, 2.75) is 58.5 Å². The predicted molar refractivity (Wildman–Crippen MR) is 131 cm³/mol. The van der Waals surface area contributed by atoms with Crippen molar-refractivity contribution >= 4 is 22.5 Å². The summed E-state index contributed by atoms with van der Waals surface area (Å²) in [5, 5.41) is 3.14. The van der Waals surface area contributed by atoms with Crippen molar-refractivity contribution in [1.82, 2.24) is 14.9 Å². The fourth-order valence-corrected chi connectivity index (χ4v) is 4.57. The number of rotatable bonds is 4. The van der Waals surface area contributed by atoms with Crippen molar-refractivity contribution < 1.29 is 22.7 Å². The van der Waals surface area contributed by atoms with Gasteiger partial charge in [-0.05, 0) is 76.1 Å². The van der Waals surface area contributed by atoms with Crippen LogP contribution in [0.4, 0.5) is 18.9 Å². The van der Waals surface area contributed by atoms with Crippen molar-refractivity contribution in [3.05, 3.63) is 69.3 Å². The minimum absolute atomic E-state index is 0.00925. The number of alkyl halides is 3. The van der Waals surface area contributed by atoms with E-state index in [-0.39, 0.29) is 40.4 Å². The van der Waals surface area contributed by atoms with Gasteiger partial charge in [-0.1, -0.05) is 0 Å². The zero-order chi connectivity index (χ0) is 26.2. The normalized spacial score (nSPS) is 19.7. The van der Waals surface area contributed by atoms with Gasteiger partial charge in [-0.25, -0.2) is 4.98 Å². The summed E-state index contributed by atoms with van der Waals surface area (Å²) < 4.78 is 47.4. The van der Waals surface area contributed by atoms with E-state index in [2.05, 4.69) is 15.3 Å². The number of fused-ring (bicyclic) bond motifs is 1. The molecule has 1 aromatic heterocycles. The lowest BCUT2D eigenvalue weighted by Crippen LogP contribution is -2.35. The van der Waals surface area contributed by atoms with Gasteiger partial charge >= 0.3 is 6.18 Å². The fourth-order valence-electron chi connectivity index (χ4n) is 4.57. The number of nitrogens with zero attached hydrogens (tertiary/aromatic N) is 2. The van der Waals surface area contributed by atoms with E-state index in [1.807, 2.05) is 13.8 Å². The number of benzene rings is 2. The number of hydrogen-bond donors (Lipinski definition) is 2. The summed E-state index contributed by atoms with van der Waals surface area (Å²) >= 11 is 0. The van der Waals surface area contributed by atoms with Crippen LogP contribution in [-0.2, 0) is 10.9 Å². The first-order chi connectivity index (χ1) is 16.9. The van der Waals surface area contributed by atoms with E-state index >= 15 is 0 Å². The molecule has 1 aliphatic rings.